The third kappa shape index (κ3) is 2.62. The lowest BCUT2D eigenvalue weighted by Gasteiger charge is -2.32. The second-order valence-corrected chi connectivity index (χ2v) is 5.70. The van der Waals surface area contributed by atoms with Gasteiger partial charge in [-0.3, -0.25) is 4.79 Å². The van der Waals surface area contributed by atoms with Crippen LogP contribution < -0.4 is 5.11 Å². The monoisotopic (exact) mass is 335 g/mol. The number of hydroxylamine groups is 2. The number of benzene rings is 2. The van der Waals surface area contributed by atoms with Crippen molar-refractivity contribution >= 4 is 33.4 Å². The molecule has 2 atom stereocenters. The number of nitrogens with zero attached hydrogens (tertiary/aromatic N) is 3. The van der Waals surface area contributed by atoms with Gasteiger partial charge in [0.1, 0.15) is 0 Å². The van der Waals surface area contributed by atoms with Crippen LogP contribution in [0.25, 0.3) is 15.7 Å². The summed E-state index contributed by atoms with van der Waals surface area (Å²) in [5, 5.41) is 31.2. The van der Waals surface area contributed by atoms with Gasteiger partial charge in [-0.15, -0.1) is 4.33 Å². The normalized spacial score (nSPS) is 18.5. The van der Waals surface area contributed by atoms with Crippen LogP contribution in [0.15, 0.2) is 35.2 Å². The zero-order valence-corrected chi connectivity index (χ0v) is 12.2. The number of aliphatic hydroxyl groups is 1. The molecule has 2 unspecified atom stereocenters. The fourth-order valence-corrected chi connectivity index (χ4v) is 2.84. The van der Waals surface area contributed by atoms with Gasteiger partial charge in [-0.05, 0) is 11.1 Å². The van der Waals surface area contributed by atoms with Gasteiger partial charge < -0.3 is 10.2 Å². The van der Waals surface area contributed by atoms with E-state index in [9.17, 15) is 19.2 Å². The third-order valence-corrected chi connectivity index (χ3v) is 4.15. The summed E-state index contributed by atoms with van der Waals surface area (Å²) in [5.41, 5.74) is -0.310. The van der Waals surface area contributed by atoms with E-state index in [4.69, 9.17) is 5.39 Å². The molecular formula is C13H9N3O6S. The molecule has 1 amide bonds. The van der Waals surface area contributed by atoms with E-state index in [0.29, 0.717) is 10.4 Å². The van der Waals surface area contributed by atoms with Gasteiger partial charge in [0.2, 0.25) is 16.5 Å². The van der Waals surface area contributed by atoms with Crippen molar-refractivity contribution in [3.8, 4) is 5.75 Å². The highest BCUT2D eigenvalue weighted by Gasteiger charge is 2.37. The van der Waals surface area contributed by atoms with Gasteiger partial charge >= 0.3 is 5.69 Å². The fraction of sp³-hybridized carbons (Fsp3) is 0.154. The fourth-order valence-electron chi connectivity index (χ4n) is 2.08. The molecule has 10 heteroatoms. The van der Waals surface area contributed by atoms with Crippen molar-refractivity contribution in [2.45, 2.75) is 17.5 Å². The predicted octanol–water partition coefficient (Wildman–Crippen LogP) is 0.834. The van der Waals surface area contributed by atoms with Crippen molar-refractivity contribution in [3.63, 3.8) is 0 Å². The first-order valence-corrected chi connectivity index (χ1v) is 7.45. The summed E-state index contributed by atoms with van der Waals surface area (Å²) in [7, 11) is 0. The molecule has 9 nitrogen and oxygen atoms in total. The van der Waals surface area contributed by atoms with Gasteiger partial charge in [0.05, 0.1) is 17.4 Å². The number of hydrogen-bond acceptors (Lipinski definition) is 7. The number of carbonyl (C=O) groups excluding carboxylic acids is 1. The van der Waals surface area contributed by atoms with Gasteiger partial charge in [-0.1, -0.05) is 29.3 Å². The van der Waals surface area contributed by atoms with Crippen molar-refractivity contribution in [2.75, 3.05) is 0 Å². The molecule has 0 bridgehead atoms. The van der Waals surface area contributed by atoms with E-state index in [2.05, 4.69) is 14.3 Å². The van der Waals surface area contributed by atoms with Crippen molar-refractivity contribution in [1.82, 2.24) is 5.06 Å². The third-order valence-electron chi connectivity index (χ3n) is 3.27. The smallest absolute Gasteiger partial charge is 0.379 e. The Morgan fingerprint density at radius 3 is 2.70 bits per heavy atom. The summed E-state index contributed by atoms with van der Waals surface area (Å²) in [4.78, 5) is 18.5. The lowest BCUT2D eigenvalue weighted by molar-refractivity contribution is -0.397. The Labute approximate surface area is 131 Å². The molecule has 0 aromatic heterocycles. The van der Waals surface area contributed by atoms with Gasteiger partial charge in [-0.2, -0.15) is 5.06 Å². The van der Waals surface area contributed by atoms with E-state index in [0.717, 1.165) is 6.07 Å². The summed E-state index contributed by atoms with van der Waals surface area (Å²) in [5.74, 6) is -1.06. The largest absolute Gasteiger partial charge is 0.867 e. The molecule has 2 aromatic rings. The number of hydrogen-bond donors (Lipinski definition) is 1. The molecule has 3 rings (SSSR count). The van der Waals surface area contributed by atoms with Crippen LogP contribution in [0.3, 0.4) is 0 Å². The van der Waals surface area contributed by atoms with E-state index >= 15 is 0 Å². The average Bonchev–Trinajstić information content (AvgIpc) is 2.55. The Kier molecular flexibility index (Phi) is 3.93. The zero-order chi connectivity index (χ0) is 16.6. The molecule has 1 heterocycles. The second-order valence-electron chi connectivity index (χ2n) is 4.65. The number of rotatable bonds is 4. The minimum absolute atomic E-state index is 0.0236. The van der Waals surface area contributed by atoms with Crippen molar-refractivity contribution in [2.24, 2.45) is 0 Å². The van der Waals surface area contributed by atoms with Crippen LogP contribution in [0.5, 0.6) is 5.75 Å². The second kappa shape index (κ2) is 5.90. The summed E-state index contributed by atoms with van der Waals surface area (Å²) >= 11 is -2.23. The number of aliphatic hydroxyl groups excluding tert-OH is 1. The van der Waals surface area contributed by atoms with Gasteiger partial charge in [0.15, 0.2) is 11.2 Å². The maximum absolute atomic E-state index is 12.2. The van der Waals surface area contributed by atoms with Crippen molar-refractivity contribution in [1.29, 1.82) is 5.39 Å². The lowest BCUT2D eigenvalue weighted by Crippen LogP contribution is -2.52. The standard InChI is InChI=1S/C13H9N3O6S/c14-15-9-5-10(7-3-1-2-4-8(7)13(9)19)23(20)22-21-16-11(17)6-12(16)18/h1-5,11,17H,6H2. The Hall–Kier alpha value is -2.58. The van der Waals surface area contributed by atoms with E-state index < -0.39 is 29.0 Å². The molecule has 0 spiro atoms. The molecule has 0 radical (unpaired) electrons. The Balaban J connectivity index is 1.92. The number of amides is 1. The molecule has 1 fully saturated rings. The van der Waals surface area contributed by atoms with Crippen molar-refractivity contribution in [3.05, 3.63) is 35.3 Å². The average molecular weight is 335 g/mol. The molecule has 2 aromatic carbocycles. The predicted molar refractivity (Wildman–Crippen MR) is 74.2 cm³/mol. The summed E-state index contributed by atoms with van der Waals surface area (Å²) in [6.45, 7) is 0. The summed E-state index contributed by atoms with van der Waals surface area (Å²) in [6.07, 6.45) is -1.28. The topological polar surface area (TPSA) is 127 Å². The number of β-lactam (4-membered cyclic amide) rings is 1. The van der Waals surface area contributed by atoms with E-state index in [1.807, 2.05) is 0 Å². The minimum atomic E-state index is -2.23. The molecular weight excluding hydrogens is 326 g/mol. The van der Waals surface area contributed by atoms with Crippen LogP contribution >= 0.6 is 0 Å². The first-order valence-electron chi connectivity index (χ1n) is 6.38. The number of fused-ring (bicyclic) bond motifs is 1. The Morgan fingerprint density at radius 2 is 2.09 bits per heavy atom. The van der Waals surface area contributed by atoms with Crippen LogP contribution in [-0.2, 0) is 25.2 Å². The van der Waals surface area contributed by atoms with E-state index in [1.54, 1.807) is 12.1 Å². The van der Waals surface area contributed by atoms with Crippen molar-refractivity contribution < 1.29 is 28.5 Å². The highest BCUT2D eigenvalue weighted by molar-refractivity contribution is 7.80. The van der Waals surface area contributed by atoms with Crippen LogP contribution in [-0.4, -0.2) is 26.5 Å². The first kappa shape index (κ1) is 15.3. The van der Waals surface area contributed by atoms with E-state index in [-0.39, 0.29) is 22.4 Å². The lowest BCUT2D eigenvalue weighted by atomic mass is 10.1. The zero-order valence-electron chi connectivity index (χ0n) is 11.4. The molecule has 0 saturated carbocycles. The van der Waals surface area contributed by atoms with Gasteiger partial charge in [0, 0.05) is 5.39 Å². The van der Waals surface area contributed by atoms with E-state index in [1.165, 1.54) is 12.1 Å². The molecule has 0 aliphatic carbocycles. The van der Waals surface area contributed by atoms with Gasteiger partial charge in [-0.25, -0.2) is 4.21 Å². The highest BCUT2D eigenvalue weighted by Crippen LogP contribution is 2.36. The Morgan fingerprint density at radius 1 is 1.39 bits per heavy atom. The number of carbonyl (C=O) groups is 1. The summed E-state index contributed by atoms with van der Waals surface area (Å²) in [6, 6.07) is 7.35. The van der Waals surface area contributed by atoms with Crippen LogP contribution in [0, 0.1) is 5.39 Å². The molecule has 1 N–H and O–H groups in total. The first-order chi connectivity index (χ1) is 11.0. The quantitative estimate of drug-likeness (QED) is 0.379. The summed E-state index contributed by atoms with van der Waals surface area (Å²) < 4.78 is 16.8. The van der Waals surface area contributed by atoms with Gasteiger partial charge in [0.25, 0.3) is 5.91 Å². The molecule has 23 heavy (non-hydrogen) atoms. The van der Waals surface area contributed by atoms with Crippen LogP contribution in [0.2, 0.25) is 0 Å². The maximum Gasteiger partial charge on any atom is 0.379 e. The molecule has 1 aliphatic heterocycles. The SMILES string of the molecule is N#[N+]c1cc(S(=O)OON2C(=O)CC2O)c2ccccc2c1[O-]. The molecule has 118 valence electrons. The molecule has 1 aliphatic rings. The molecule has 1 saturated heterocycles. The maximum atomic E-state index is 12.2. The Bertz CT molecular complexity index is 865. The minimum Gasteiger partial charge on any atom is -0.867 e. The van der Waals surface area contributed by atoms with Crippen LogP contribution in [0.4, 0.5) is 5.69 Å². The number of diazo groups is 1. The highest BCUT2D eigenvalue weighted by atomic mass is 32.2. The van der Waals surface area contributed by atoms with Crippen LogP contribution in [0.1, 0.15) is 6.42 Å².